The van der Waals surface area contributed by atoms with Gasteiger partial charge in [0.15, 0.2) is 12.2 Å². The van der Waals surface area contributed by atoms with Crippen LogP contribution in [-0.4, -0.2) is 96.7 Å². The first-order chi connectivity index (χ1) is 44.7. The molecule has 0 rings (SSSR count). The Morgan fingerprint density at radius 1 is 0.301 bits per heavy atom. The molecule has 0 aromatic carbocycles. The zero-order valence-electron chi connectivity index (χ0n) is 60.9. The van der Waals surface area contributed by atoms with E-state index in [1.54, 1.807) is 0 Å². The predicted octanol–water partition coefficient (Wildman–Crippen LogP) is 21.3. The van der Waals surface area contributed by atoms with E-state index < -0.39 is 97.5 Å². The molecule has 0 saturated heterocycles. The molecule has 0 bridgehead atoms. The Morgan fingerprint density at radius 3 is 0.763 bits per heavy atom. The predicted molar refractivity (Wildman–Crippen MR) is 377 cm³/mol. The van der Waals surface area contributed by atoms with E-state index in [1.165, 1.54) is 167 Å². The Balaban J connectivity index is 5.21. The first-order valence-electron chi connectivity index (χ1n) is 38.3. The molecular weight excluding hydrogens is 1220 g/mol. The highest BCUT2D eigenvalue weighted by atomic mass is 31.2. The van der Waals surface area contributed by atoms with Crippen LogP contribution in [0.3, 0.4) is 0 Å². The molecule has 0 amide bonds. The molecule has 93 heavy (non-hydrogen) atoms. The quantitative estimate of drug-likeness (QED) is 0.0222. The highest BCUT2D eigenvalue weighted by Crippen LogP contribution is 2.45. The van der Waals surface area contributed by atoms with Crippen molar-refractivity contribution in [2.75, 3.05) is 39.6 Å². The maximum absolute atomic E-state index is 13.0. The lowest BCUT2D eigenvalue weighted by molar-refractivity contribution is -0.161. The lowest BCUT2D eigenvalue weighted by atomic mass is 10.00. The van der Waals surface area contributed by atoms with Crippen LogP contribution in [0.2, 0.25) is 0 Å². The lowest BCUT2D eigenvalue weighted by Gasteiger charge is -2.21. The van der Waals surface area contributed by atoms with Crippen molar-refractivity contribution in [1.29, 1.82) is 0 Å². The van der Waals surface area contributed by atoms with Gasteiger partial charge in [-0.25, -0.2) is 9.13 Å². The second-order valence-electron chi connectivity index (χ2n) is 28.1. The van der Waals surface area contributed by atoms with Gasteiger partial charge in [0.25, 0.3) is 0 Å². The molecule has 0 aliphatic rings. The van der Waals surface area contributed by atoms with Crippen molar-refractivity contribution in [3.63, 3.8) is 0 Å². The largest absolute Gasteiger partial charge is 0.472 e. The number of phosphoric acid groups is 2. The van der Waals surface area contributed by atoms with E-state index >= 15 is 0 Å². The van der Waals surface area contributed by atoms with Gasteiger partial charge in [-0.1, -0.05) is 319 Å². The average Bonchev–Trinajstić information content (AvgIpc) is 3.04. The number of esters is 4. The second kappa shape index (κ2) is 63.5. The van der Waals surface area contributed by atoms with E-state index in [2.05, 4.69) is 55.4 Å². The molecule has 0 saturated carbocycles. The average molecular weight is 1370 g/mol. The van der Waals surface area contributed by atoms with Crippen LogP contribution < -0.4 is 0 Å². The highest BCUT2D eigenvalue weighted by Gasteiger charge is 2.30. The van der Waals surface area contributed by atoms with Gasteiger partial charge in [0.05, 0.1) is 26.4 Å². The first kappa shape index (κ1) is 91.1. The molecule has 0 heterocycles. The fourth-order valence-corrected chi connectivity index (χ4v) is 12.7. The monoisotopic (exact) mass is 1370 g/mol. The fraction of sp³-hybridized carbons (Fsp3) is 0.946. The summed E-state index contributed by atoms with van der Waals surface area (Å²) in [4.78, 5) is 72.7. The van der Waals surface area contributed by atoms with Crippen molar-refractivity contribution in [3.8, 4) is 0 Å². The van der Waals surface area contributed by atoms with Crippen LogP contribution in [0, 0.1) is 23.7 Å². The summed E-state index contributed by atoms with van der Waals surface area (Å²) in [6.45, 7) is 14.1. The minimum absolute atomic E-state index is 0.103. The van der Waals surface area contributed by atoms with Crippen LogP contribution in [-0.2, 0) is 65.4 Å². The van der Waals surface area contributed by atoms with Gasteiger partial charge in [0, 0.05) is 25.7 Å². The van der Waals surface area contributed by atoms with E-state index in [9.17, 15) is 43.2 Å². The lowest BCUT2D eigenvalue weighted by Crippen LogP contribution is -2.30. The Bertz CT molecular complexity index is 1840. The number of unbranched alkanes of at least 4 members (excludes halogenated alkanes) is 35. The molecule has 0 aromatic rings. The number of aliphatic hydroxyl groups is 1. The minimum atomic E-state index is -4.95. The molecule has 7 atom stereocenters. The fourth-order valence-electron chi connectivity index (χ4n) is 11.1. The van der Waals surface area contributed by atoms with Crippen molar-refractivity contribution in [2.45, 2.75) is 388 Å². The minimum Gasteiger partial charge on any atom is -0.462 e. The van der Waals surface area contributed by atoms with Gasteiger partial charge >= 0.3 is 39.5 Å². The summed E-state index contributed by atoms with van der Waals surface area (Å²) in [7, 11) is -9.91. The van der Waals surface area contributed by atoms with E-state index in [1.807, 2.05) is 0 Å². The van der Waals surface area contributed by atoms with Gasteiger partial charge < -0.3 is 33.8 Å². The maximum Gasteiger partial charge on any atom is 0.472 e. The van der Waals surface area contributed by atoms with Crippen LogP contribution in [0.25, 0.3) is 0 Å². The molecule has 552 valence electrons. The van der Waals surface area contributed by atoms with E-state index in [-0.39, 0.29) is 25.7 Å². The van der Waals surface area contributed by atoms with Crippen molar-refractivity contribution >= 4 is 39.5 Å². The van der Waals surface area contributed by atoms with E-state index in [4.69, 9.17) is 37.0 Å². The summed E-state index contributed by atoms with van der Waals surface area (Å²) in [5.41, 5.74) is 0. The zero-order chi connectivity index (χ0) is 68.9. The van der Waals surface area contributed by atoms with Gasteiger partial charge in [-0.05, 0) is 49.4 Å². The zero-order valence-corrected chi connectivity index (χ0v) is 62.7. The van der Waals surface area contributed by atoms with Gasteiger partial charge in [0.2, 0.25) is 0 Å². The van der Waals surface area contributed by atoms with E-state index in [0.717, 1.165) is 120 Å². The summed E-state index contributed by atoms with van der Waals surface area (Å²) in [6.07, 6.45) is 47.3. The molecule has 0 aliphatic carbocycles. The smallest absolute Gasteiger partial charge is 0.462 e. The topological polar surface area (TPSA) is 237 Å². The molecule has 19 heteroatoms. The normalized spacial score (nSPS) is 14.8. The van der Waals surface area contributed by atoms with Crippen molar-refractivity contribution in [3.05, 3.63) is 0 Å². The van der Waals surface area contributed by atoms with Gasteiger partial charge in [-0.15, -0.1) is 0 Å². The van der Waals surface area contributed by atoms with Crippen molar-refractivity contribution in [2.24, 2.45) is 23.7 Å². The Hall–Kier alpha value is -1.94. The maximum atomic E-state index is 13.0. The van der Waals surface area contributed by atoms with Crippen LogP contribution in [0.5, 0.6) is 0 Å². The molecule has 17 nitrogen and oxygen atoms in total. The highest BCUT2D eigenvalue weighted by molar-refractivity contribution is 7.47. The summed E-state index contributed by atoms with van der Waals surface area (Å²) in [5, 5.41) is 10.6. The van der Waals surface area contributed by atoms with Gasteiger partial charge in [-0.3, -0.25) is 37.3 Å². The number of carbonyl (C=O) groups is 4. The molecule has 0 spiro atoms. The third kappa shape index (κ3) is 65.8. The third-order valence-corrected chi connectivity index (χ3v) is 19.7. The summed E-state index contributed by atoms with van der Waals surface area (Å²) < 4.78 is 68.4. The SMILES string of the molecule is CCC(C)CCCCCCCCC(=O)OC[C@H](COP(=O)(O)OC[C@H](O)COP(=O)(O)OC[C@@H](COC(=O)CCCCCCCCCCCCCCCCC(C)C)OC(=O)CCCCCCCCC(C)CC)OC(=O)CCCCCCCCCCCCCCCC(C)C. The number of carbonyl (C=O) groups excluding carboxylic acids is 4. The molecule has 0 aromatic heterocycles. The first-order valence-corrected chi connectivity index (χ1v) is 41.3. The Morgan fingerprint density at radius 2 is 0.516 bits per heavy atom. The van der Waals surface area contributed by atoms with E-state index in [0.29, 0.717) is 25.7 Å². The second-order valence-corrected chi connectivity index (χ2v) is 31.0. The molecule has 0 aliphatic heterocycles. The van der Waals surface area contributed by atoms with Crippen molar-refractivity contribution in [1.82, 2.24) is 0 Å². The van der Waals surface area contributed by atoms with Crippen molar-refractivity contribution < 1.29 is 80.2 Å². The molecule has 3 N–H and O–H groups in total. The Kier molecular flexibility index (Phi) is 62.2. The summed E-state index contributed by atoms with van der Waals surface area (Å²) >= 11 is 0. The third-order valence-electron chi connectivity index (χ3n) is 17.8. The Labute approximate surface area is 568 Å². The van der Waals surface area contributed by atoms with Crippen LogP contribution in [0.4, 0.5) is 0 Å². The summed E-state index contributed by atoms with van der Waals surface area (Å²) in [6, 6.07) is 0. The standard InChI is InChI=1S/C74H144O17P2/c1-9-66(7)52-44-36-30-32-39-47-55-72(77)85-61-69(90-73(78)56-48-40-29-25-21-17-13-15-19-23-27-35-43-51-65(5)6)62-88-92(80,81)86-58-68(75)59-87-93(82,83)89-63-70(91-74(79)57-49-41-33-31-37-45-53-67(8)10-2)60-84-71(76)54-46-38-28-24-20-16-12-11-14-18-22-26-34-42-50-64(3)4/h64-70,75H,9-63H2,1-8H3,(H,80,81)(H,82,83)/t66?,67?,68-,69+,70+/m0/s1. The number of hydrogen-bond donors (Lipinski definition) is 3. The molecule has 0 radical (unpaired) electrons. The number of phosphoric ester groups is 2. The van der Waals surface area contributed by atoms with Crippen LogP contribution in [0.15, 0.2) is 0 Å². The van der Waals surface area contributed by atoms with Gasteiger partial charge in [-0.2, -0.15) is 0 Å². The molecule has 4 unspecified atom stereocenters. The summed E-state index contributed by atoms with van der Waals surface area (Å²) in [5.74, 6) is 0.910. The molecular formula is C74H144O17P2. The number of ether oxygens (including phenoxy) is 4. The molecule has 0 fully saturated rings. The van der Waals surface area contributed by atoms with Gasteiger partial charge in [0.1, 0.15) is 19.3 Å². The number of aliphatic hydroxyl groups excluding tert-OH is 1. The number of hydrogen-bond acceptors (Lipinski definition) is 15. The van der Waals surface area contributed by atoms with Crippen LogP contribution >= 0.6 is 15.6 Å². The van der Waals surface area contributed by atoms with Crippen LogP contribution in [0.1, 0.15) is 370 Å². The number of rotatable bonds is 71.